The fraction of sp³-hybridized carbons (Fsp3) is 1.00. The Hall–Kier alpha value is 0. The molecule has 0 aromatic carbocycles. The Labute approximate surface area is 127 Å². The fourth-order valence-corrected chi connectivity index (χ4v) is 6.69. The molecule has 7 atom stereocenters. The third-order valence-electron chi connectivity index (χ3n) is 7.81. The first-order valence-electron chi connectivity index (χ1n) is 9.45. The van der Waals surface area contributed by atoms with E-state index in [4.69, 9.17) is 0 Å². The van der Waals surface area contributed by atoms with Crippen LogP contribution in [-0.4, -0.2) is 0 Å². The summed E-state index contributed by atoms with van der Waals surface area (Å²) in [5.41, 5.74) is 0.728. The zero-order valence-corrected chi connectivity index (χ0v) is 14.5. The first kappa shape index (κ1) is 14.9. The molecule has 0 nitrogen and oxygen atoms in total. The summed E-state index contributed by atoms with van der Waals surface area (Å²) < 4.78 is 0. The summed E-state index contributed by atoms with van der Waals surface area (Å²) >= 11 is 0. The quantitative estimate of drug-likeness (QED) is 0.579. The lowest BCUT2D eigenvalue weighted by Gasteiger charge is -2.54. The Morgan fingerprint density at radius 2 is 1.55 bits per heavy atom. The van der Waals surface area contributed by atoms with E-state index >= 15 is 0 Å². The zero-order chi connectivity index (χ0) is 14.5. The van der Waals surface area contributed by atoms with E-state index in [1.54, 1.807) is 19.3 Å². The monoisotopic (exact) mass is 276 g/mol. The molecule has 7 unspecified atom stereocenters. The standard InChI is InChI=1S/C20H36/c1-13(2)10-11-20-12-15(4)18-8-6-14(3)17(19(18)20)9-7-16(20)5/h13-19H,6-12H2,1-5H3. The molecule has 3 aliphatic rings. The molecule has 0 aliphatic heterocycles. The molecular weight excluding hydrogens is 240 g/mol. The van der Waals surface area contributed by atoms with Gasteiger partial charge < -0.3 is 0 Å². The van der Waals surface area contributed by atoms with Crippen LogP contribution in [-0.2, 0) is 0 Å². The molecule has 20 heavy (non-hydrogen) atoms. The van der Waals surface area contributed by atoms with Crippen molar-refractivity contribution in [1.29, 1.82) is 0 Å². The number of hydrogen-bond donors (Lipinski definition) is 0. The first-order valence-corrected chi connectivity index (χ1v) is 9.45. The van der Waals surface area contributed by atoms with Crippen molar-refractivity contribution >= 4 is 0 Å². The minimum Gasteiger partial charge on any atom is -0.0628 e. The van der Waals surface area contributed by atoms with Gasteiger partial charge in [0.25, 0.3) is 0 Å². The van der Waals surface area contributed by atoms with Gasteiger partial charge in [-0.25, -0.2) is 0 Å². The second-order valence-corrected chi connectivity index (χ2v) is 9.23. The van der Waals surface area contributed by atoms with Crippen LogP contribution in [0.2, 0.25) is 0 Å². The Morgan fingerprint density at radius 1 is 0.900 bits per heavy atom. The van der Waals surface area contributed by atoms with E-state index in [1.165, 1.54) is 25.7 Å². The summed E-state index contributed by atoms with van der Waals surface area (Å²) in [4.78, 5) is 0. The van der Waals surface area contributed by atoms with Crippen molar-refractivity contribution in [2.75, 3.05) is 0 Å². The van der Waals surface area contributed by atoms with Gasteiger partial charge in [0, 0.05) is 0 Å². The Balaban J connectivity index is 1.91. The van der Waals surface area contributed by atoms with Gasteiger partial charge in [-0.05, 0) is 78.9 Å². The molecule has 0 aromatic rings. The van der Waals surface area contributed by atoms with Crippen molar-refractivity contribution in [2.45, 2.75) is 79.6 Å². The first-order chi connectivity index (χ1) is 9.45. The van der Waals surface area contributed by atoms with Gasteiger partial charge in [-0.15, -0.1) is 0 Å². The minimum absolute atomic E-state index is 0.728. The van der Waals surface area contributed by atoms with Crippen molar-refractivity contribution in [1.82, 2.24) is 0 Å². The Kier molecular flexibility index (Phi) is 3.97. The molecule has 3 fully saturated rings. The van der Waals surface area contributed by atoms with Crippen molar-refractivity contribution in [3.8, 4) is 0 Å². The van der Waals surface area contributed by atoms with E-state index in [0.29, 0.717) is 0 Å². The molecule has 0 bridgehead atoms. The molecular formula is C20H36. The van der Waals surface area contributed by atoms with Gasteiger partial charge in [0.15, 0.2) is 0 Å². The van der Waals surface area contributed by atoms with Crippen LogP contribution in [0.3, 0.4) is 0 Å². The Morgan fingerprint density at radius 3 is 2.25 bits per heavy atom. The zero-order valence-electron chi connectivity index (χ0n) is 14.5. The summed E-state index contributed by atoms with van der Waals surface area (Å²) in [5.74, 6) is 7.11. The van der Waals surface area contributed by atoms with Gasteiger partial charge in [-0.3, -0.25) is 0 Å². The molecule has 0 amide bonds. The third-order valence-corrected chi connectivity index (χ3v) is 7.81. The Bertz CT molecular complexity index is 344. The van der Waals surface area contributed by atoms with E-state index in [2.05, 4.69) is 34.6 Å². The van der Waals surface area contributed by atoms with Gasteiger partial charge in [-0.1, -0.05) is 47.5 Å². The van der Waals surface area contributed by atoms with Crippen molar-refractivity contribution in [3.63, 3.8) is 0 Å². The normalized spacial score (nSPS) is 51.3. The highest BCUT2D eigenvalue weighted by molar-refractivity contribution is 5.08. The fourth-order valence-electron chi connectivity index (χ4n) is 6.69. The van der Waals surface area contributed by atoms with Gasteiger partial charge in [0.1, 0.15) is 0 Å². The second-order valence-electron chi connectivity index (χ2n) is 9.23. The summed E-state index contributed by atoms with van der Waals surface area (Å²) in [6, 6.07) is 0. The molecule has 0 heterocycles. The smallest absolute Gasteiger partial charge is 0.0235 e. The van der Waals surface area contributed by atoms with Crippen LogP contribution in [0, 0.1) is 46.8 Å². The second kappa shape index (κ2) is 5.33. The predicted molar refractivity (Wildman–Crippen MR) is 87.6 cm³/mol. The van der Waals surface area contributed by atoms with E-state index in [9.17, 15) is 0 Å². The van der Waals surface area contributed by atoms with Crippen LogP contribution >= 0.6 is 0 Å². The van der Waals surface area contributed by atoms with E-state index < -0.39 is 0 Å². The molecule has 0 saturated heterocycles. The number of hydrogen-bond acceptors (Lipinski definition) is 0. The highest BCUT2D eigenvalue weighted by Crippen LogP contribution is 2.67. The minimum atomic E-state index is 0.728. The van der Waals surface area contributed by atoms with Gasteiger partial charge in [0.2, 0.25) is 0 Å². The predicted octanol–water partition coefficient (Wildman–Crippen LogP) is 6.16. The van der Waals surface area contributed by atoms with E-state index in [1.807, 2.05) is 0 Å². The molecule has 0 aromatic heterocycles. The molecule has 0 heteroatoms. The topological polar surface area (TPSA) is 0 Å². The van der Waals surface area contributed by atoms with Crippen molar-refractivity contribution in [3.05, 3.63) is 0 Å². The average Bonchev–Trinajstić information content (AvgIpc) is 2.69. The lowest BCUT2D eigenvalue weighted by molar-refractivity contribution is -0.0556. The maximum atomic E-state index is 2.60. The largest absolute Gasteiger partial charge is 0.0628 e. The molecule has 116 valence electrons. The summed E-state index contributed by atoms with van der Waals surface area (Å²) in [7, 11) is 0. The van der Waals surface area contributed by atoms with Crippen molar-refractivity contribution < 1.29 is 0 Å². The average molecular weight is 277 g/mol. The SMILES string of the molecule is CC(C)CCC12CC(C)C3CCC(C)C(CCC1C)C32. The molecule has 3 aliphatic carbocycles. The summed E-state index contributed by atoms with van der Waals surface area (Å²) in [5, 5.41) is 0. The van der Waals surface area contributed by atoms with Crippen LogP contribution in [0.5, 0.6) is 0 Å². The van der Waals surface area contributed by atoms with Crippen LogP contribution in [0.15, 0.2) is 0 Å². The highest BCUT2D eigenvalue weighted by atomic mass is 14.6. The van der Waals surface area contributed by atoms with Gasteiger partial charge in [-0.2, -0.15) is 0 Å². The lowest BCUT2D eigenvalue weighted by atomic mass is 9.50. The van der Waals surface area contributed by atoms with Gasteiger partial charge in [0.05, 0.1) is 0 Å². The molecule has 0 radical (unpaired) electrons. The summed E-state index contributed by atoms with van der Waals surface area (Å²) in [6.07, 6.45) is 10.7. The lowest BCUT2D eigenvalue weighted by Crippen LogP contribution is -2.47. The third kappa shape index (κ3) is 2.17. The molecule has 3 saturated carbocycles. The van der Waals surface area contributed by atoms with E-state index in [-0.39, 0.29) is 0 Å². The van der Waals surface area contributed by atoms with Gasteiger partial charge >= 0.3 is 0 Å². The van der Waals surface area contributed by atoms with Crippen LogP contribution in [0.1, 0.15) is 79.6 Å². The maximum absolute atomic E-state index is 2.60. The number of rotatable bonds is 3. The van der Waals surface area contributed by atoms with Crippen molar-refractivity contribution in [2.24, 2.45) is 46.8 Å². The maximum Gasteiger partial charge on any atom is -0.0235 e. The van der Waals surface area contributed by atoms with E-state index in [0.717, 1.165) is 46.8 Å². The van der Waals surface area contributed by atoms with Crippen LogP contribution < -0.4 is 0 Å². The molecule has 0 spiro atoms. The van der Waals surface area contributed by atoms with Crippen LogP contribution in [0.25, 0.3) is 0 Å². The van der Waals surface area contributed by atoms with Crippen LogP contribution in [0.4, 0.5) is 0 Å². The highest BCUT2D eigenvalue weighted by Gasteiger charge is 2.60. The molecule has 3 rings (SSSR count). The summed E-state index contributed by atoms with van der Waals surface area (Å²) in [6.45, 7) is 12.6. The molecule has 0 N–H and O–H groups in total.